The summed E-state index contributed by atoms with van der Waals surface area (Å²) in [6.07, 6.45) is 1.96. The summed E-state index contributed by atoms with van der Waals surface area (Å²) in [7, 11) is 3.14. The van der Waals surface area contributed by atoms with Gasteiger partial charge in [-0.3, -0.25) is 9.20 Å². The molecule has 1 N–H and O–H groups in total. The molecule has 0 saturated carbocycles. The van der Waals surface area contributed by atoms with E-state index >= 15 is 0 Å². The number of benzene rings is 2. The van der Waals surface area contributed by atoms with Crippen molar-refractivity contribution in [3.8, 4) is 22.8 Å². The van der Waals surface area contributed by atoms with Crippen LogP contribution in [0.5, 0.6) is 11.5 Å². The van der Waals surface area contributed by atoms with E-state index in [0.29, 0.717) is 22.1 Å². The first-order chi connectivity index (χ1) is 13.6. The van der Waals surface area contributed by atoms with Crippen LogP contribution in [0.1, 0.15) is 15.4 Å². The number of fused-ring (bicyclic) bond motifs is 1. The maximum Gasteiger partial charge on any atom is 0.267 e. The van der Waals surface area contributed by atoms with Gasteiger partial charge in [0.2, 0.25) is 0 Å². The minimum atomic E-state index is -0.197. The summed E-state index contributed by atoms with van der Waals surface area (Å²) in [5.41, 5.74) is 3.37. The van der Waals surface area contributed by atoms with Crippen molar-refractivity contribution in [2.45, 2.75) is 6.92 Å². The zero-order valence-electron chi connectivity index (χ0n) is 15.7. The number of imidazole rings is 1. The Morgan fingerprint density at radius 2 is 1.89 bits per heavy atom. The number of carbonyl (C=O) groups is 1. The molecule has 4 rings (SSSR count). The molecule has 6 nitrogen and oxygen atoms in total. The van der Waals surface area contributed by atoms with Crippen LogP contribution in [0.15, 0.2) is 54.7 Å². The smallest absolute Gasteiger partial charge is 0.267 e. The molecule has 2 aromatic carbocycles. The van der Waals surface area contributed by atoms with Gasteiger partial charge in [-0.1, -0.05) is 41.7 Å². The lowest BCUT2D eigenvalue weighted by Crippen LogP contribution is -2.12. The highest BCUT2D eigenvalue weighted by Crippen LogP contribution is 2.31. The molecule has 2 heterocycles. The van der Waals surface area contributed by atoms with E-state index in [1.165, 1.54) is 11.3 Å². The average Bonchev–Trinajstić information content (AvgIpc) is 3.28. The van der Waals surface area contributed by atoms with Gasteiger partial charge in [0, 0.05) is 23.5 Å². The van der Waals surface area contributed by atoms with Crippen molar-refractivity contribution < 1.29 is 14.3 Å². The number of thiazole rings is 1. The first kappa shape index (κ1) is 18.1. The molecule has 0 aliphatic rings. The first-order valence-electron chi connectivity index (χ1n) is 8.68. The predicted octanol–water partition coefficient (Wildman–Crippen LogP) is 4.64. The fourth-order valence-corrected chi connectivity index (χ4v) is 3.99. The lowest BCUT2D eigenvalue weighted by Gasteiger charge is -2.11. The van der Waals surface area contributed by atoms with Crippen LogP contribution in [0.4, 0.5) is 5.69 Å². The number of aromatic nitrogens is 2. The predicted molar refractivity (Wildman–Crippen MR) is 111 cm³/mol. The van der Waals surface area contributed by atoms with E-state index in [2.05, 4.69) is 10.3 Å². The Labute approximate surface area is 166 Å². The number of anilines is 1. The molecule has 0 bridgehead atoms. The van der Waals surface area contributed by atoms with Crippen LogP contribution in [0.25, 0.3) is 16.2 Å². The summed E-state index contributed by atoms with van der Waals surface area (Å²) in [6, 6.07) is 15.2. The Balaban J connectivity index is 1.63. The SMILES string of the molecule is COc1ccc(NC(=O)c2sc3nc(-c4ccccc4)cn3c2C)c(OC)c1. The van der Waals surface area contributed by atoms with Gasteiger partial charge in [-0.05, 0) is 19.1 Å². The maximum atomic E-state index is 12.9. The van der Waals surface area contributed by atoms with Crippen LogP contribution in [-0.2, 0) is 0 Å². The summed E-state index contributed by atoms with van der Waals surface area (Å²) < 4.78 is 12.5. The highest BCUT2D eigenvalue weighted by Gasteiger charge is 2.19. The maximum absolute atomic E-state index is 12.9. The molecule has 0 fully saturated rings. The molecule has 142 valence electrons. The highest BCUT2D eigenvalue weighted by molar-refractivity contribution is 7.19. The van der Waals surface area contributed by atoms with Crippen LogP contribution in [0, 0.1) is 6.92 Å². The van der Waals surface area contributed by atoms with Crippen molar-refractivity contribution in [1.82, 2.24) is 9.38 Å². The molecule has 0 saturated heterocycles. The first-order valence-corrected chi connectivity index (χ1v) is 9.49. The third-order valence-electron chi connectivity index (χ3n) is 4.49. The summed E-state index contributed by atoms with van der Waals surface area (Å²) in [5, 5.41) is 2.92. The second-order valence-corrected chi connectivity index (χ2v) is 7.16. The molecular weight excluding hydrogens is 374 g/mol. The highest BCUT2D eigenvalue weighted by atomic mass is 32.1. The number of aryl methyl sites for hydroxylation is 1. The second kappa shape index (κ2) is 7.36. The number of hydrogen-bond acceptors (Lipinski definition) is 5. The van der Waals surface area contributed by atoms with Gasteiger partial charge in [0.1, 0.15) is 16.4 Å². The van der Waals surface area contributed by atoms with Crippen molar-refractivity contribution >= 4 is 27.9 Å². The number of methoxy groups -OCH3 is 2. The number of amides is 1. The molecule has 2 aromatic heterocycles. The van der Waals surface area contributed by atoms with E-state index < -0.39 is 0 Å². The summed E-state index contributed by atoms with van der Waals surface area (Å²) in [4.78, 5) is 18.9. The van der Waals surface area contributed by atoms with Gasteiger partial charge in [-0.2, -0.15) is 0 Å². The normalized spacial score (nSPS) is 10.8. The van der Waals surface area contributed by atoms with E-state index in [1.54, 1.807) is 32.4 Å². The zero-order valence-corrected chi connectivity index (χ0v) is 16.5. The van der Waals surface area contributed by atoms with E-state index in [1.807, 2.05) is 47.9 Å². The van der Waals surface area contributed by atoms with Crippen LogP contribution in [-0.4, -0.2) is 29.5 Å². The molecular formula is C21H19N3O3S. The summed E-state index contributed by atoms with van der Waals surface area (Å²) >= 11 is 1.36. The van der Waals surface area contributed by atoms with Gasteiger partial charge in [-0.15, -0.1) is 0 Å². The zero-order chi connectivity index (χ0) is 19.7. The number of nitrogens with one attached hydrogen (secondary N) is 1. The fourth-order valence-electron chi connectivity index (χ4n) is 2.99. The Hall–Kier alpha value is -3.32. The summed E-state index contributed by atoms with van der Waals surface area (Å²) in [6.45, 7) is 1.92. The van der Waals surface area contributed by atoms with Crippen LogP contribution < -0.4 is 14.8 Å². The molecule has 0 aliphatic carbocycles. The Bertz CT molecular complexity index is 1150. The number of carbonyl (C=O) groups excluding carboxylic acids is 1. The number of nitrogens with zero attached hydrogens (tertiary/aromatic N) is 2. The van der Waals surface area contributed by atoms with Crippen molar-refractivity contribution in [2.24, 2.45) is 0 Å². The van der Waals surface area contributed by atoms with Crippen LogP contribution >= 0.6 is 11.3 Å². The molecule has 7 heteroatoms. The average molecular weight is 393 g/mol. The molecule has 0 atom stereocenters. The standard InChI is InChI=1S/C21H19N3O3S/c1-13-19(20(25)22-16-10-9-15(26-2)11-18(16)27-3)28-21-23-17(12-24(13)21)14-7-5-4-6-8-14/h4-12H,1-3H3,(H,22,25). The van der Waals surface area contributed by atoms with Crippen molar-refractivity contribution in [3.05, 3.63) is 65.3 Å². The van der Waals surface area contributed by atoms with Gasteiger partial charge in [-0.25, -0.2) is 4.98 Å². The fraction of sp³-hybridized carbons (Fsp3) is 0.143. The minimum Gasteiger partial charge on any atom is -0.497 e. The molecule has 0 spiro atoms. The molecule has 0 radical (unpaired) electrons. The third-order valence-corrected chi connectivity index (χ3v) is 5.65. The van der Waals surface area contributed by atoms with Crippen LogP contribution in [0.3, 0.4) is 0 Å². The van der Waals surface area contributed by atoms with E-state index in [-0.39, 0.29) is 5.91 Å². The number of rotatable bonds is 5. The van der Waals surface area contributed by atoms with E-state index in [4.69, 9.17) is 9.47 Å². The van der Waals surface area contributed by atoms with Gasteiger partial charge >= 0.3 is 0 Å². The number of ether oxygens (including phenoxy) is 2. The Morgan fingerprint density at radius 1 is 1.11 bits per heavy atom. The lowest BCUT2D eigenvalue weighted by molar-refractivity contribution is 0.102. The van der Waals surface area contributed by atoms with E-state index in [0.717, 1.165) is 21.9 Å². The quantitative estimate of drug-likeness (QED) is 0.536. The number of hydrogen-bond donors (Lipinski definition) is 1. The Morgan fingerprint density at radius 3 is 2.57 bits per heavy atom. The Kier molecular flexibility index (Phi) is 4.75. The third kappa shape index (κ3) is 3.20. The van der Waals surface area contributed by atoms with Gasteiger partial charge in [0.25, 0.3) is 5.91 Å². The molecule has 4 aromatic rings. The van der Waals surface area contributed by atoms with E-state index in [9.17, 15) is 4.79 Å². The van der Waals surface area contributed by atoms with Crippen molar-refractivity contribution in [3.63, 3.8) is 0 Å². The van der Waals surface area contributed by atoms with Crippen LogP contribution in [0.2, 0.25) is 0 Å². The van der Waals surface area contributed by atoms with Gasteiger partial charge in [0.05, 0.1) is 25.6 Å². The molecule has 28 heavy (non-hydrogen) atoms. The van der Waals surface area contributed by atoms with Gasteiger partial charge < -0.3 is 14.8 Å². The summed E-state index contributed by atoms with van der Waals surface area (Å²) in [5.74, 6) is 1.00. The molecule has 0 unspecified atom stereocenters. The minimum absolute atomic E-state index is 0.197. The molecule has 1 amide bonds. The lowest BCUT2D eigenvalue weighted by atomic mass is 10.2. The van der Waals surface area contributed by atoms with Crippen molar-refractivity contribution in [1.29, 1.82) is 0 Å². The molecule has 0 aliphatic heterocycles. The second-order valence-electron chi connectivity index (χ2n) is 6.18. The topological polar surface area (TPSA) is 64.9 Å². The van der Waals surface area contributed by atoms with Crippen molar-refractivity contribution in [2.75, 3.05) is 19.5 Å². The largest absolute Gasteiger partial charge is 0.497 e. The monoisotopic (exact) mass is 393 g/mol. The van der Waals surface area contributed by atoms with Gasteiger partial charge in [0.15, 0.2) is 4.96 Å².